The zero-order valence-corrected chi connectivity index (χ0v) is 13.9. The number of alkyl halides is 5. The minimum Gasteiger partial charge on any atom is -0.494 e. The number of rotatable bonds is 10. The third-order valence-electron chi connectivity index (χ3n) is 3.03. The third kappa shape index (κ3) is 7.16. The average Bonchev–Trinajstić information content (AvgIpc) is 2.49. The normalized spacial score (nSPS) is 13.8. The molecule has 8 heteroatoms. The van der Waals surface area contributed by atoms with Crippen molar-refractivity contribution < 1.29 is 27.8 Å². The van der Waals surface area contributed by atoms with Crippen molar-refractivity contribution in [3.05, 3.63) is 30.3 Å². The summed E-state index contributed by atoms with van der Waals surface area (Å²) < 4.78 is 44.8. The molecule has 1 N–H and O–H groups in total. The Morgan fingerprint density at radius 1 is 1.00 bits per heavy atom. The molecular formula is C15H19Cl2F3O3. The van der Waals surface area contributed by atoms with Crippen LogP contribution in [0.25, 0.3) is 0 Å². The molecule has 1 unspecified atom stereocenters. The summed E-state index contributed by atoms with van der Waals surface area (Å²) in [5.74, 6) is 0.782. The molecule has 0 aliphatic rings. The van der Waals surface area contributed by atoms with Gasteiger partial charge in [-0.15, -0.1) is 0 Å². The van der Waals surface area contributed by atoms with Crippen molar-refractivity contribution in [1.82, 2.24) is 0 Å². The lowest BCUT2D eigenvalue weighted by Crippen LogP contribution is -2.45. The van der Waals surface area contributed by atoms with E-state index >= 15 is 0 Å². The number of benzene rings is 1. The smallest absolute Gasteiger partial charge is 0.424 e. The molecule has 3 nitrogen and oxygen atoms in total. The van der Waals surface area contributed by atoms with Gasteiger partial charge in [0.05, 0.1) is 12.7 Å². The van der Waals surface area contributed by atoms with E-state index in [2.05, 4.69) is 0 Å². The van der Waals surface area contributed by atoms with Crippen LogP contribution in [0.2, 0.25) is 0 Å². The number of ether oxygens (including phenoxy) is 2. The van der Waals surface area contributed by atoms with Crippen molar-refractivity contribution in [2.75, 3.05) is 19.8 Å². The van der Waals surface area contributed by atoms with Gasteiger partial charge in [0.15, 0.2) is 0 Å². The first kappa shape index (κ1) is 20.4. The lowest BCUT2D eigenvalue weighted by molar-refractivity contribution is -0.163. The van der Waals surface area contributed by atoms with Crippen LogP contribution in [0.5, 0.6) is 5.75 Å². The molecule has 0 bridgehead atoms. The lowest BCUT2D eigenvalue weighted by atomic mass is 10.2. The molecule has 23 heavy (non-hydrogen) atoms. The van der Waals surface area contributed by atoms with Crippen molar-refractivity contribution >= 4 is 23.2 Å². The van der Waals surface area contributed by atoms with Gasteiger partial charge in [-0.25, -0.2) is 0 Å². The van der Waals surface area contributed by atoms with E-state index < -0.39 is 16.6 Å². The molecule has 0 fully saturated rings. The molecule has 0 saturated carbocycles. The first-order chi connectivity index (χ1) is 10.7. The second-order valence-corrected chi connectivity index (χ2v) is 6.29. The molecule has 0 heterocycles. The van der Waals surface area contributed by atoms with Gasteiger partial charge in [-0.05, 0) is 31.4 Å². The summed E-state index contributed by atoms with van der Waals surface area (Å²) in [6.45, 7) is 0.822. The Labute approximate surface area is 143 Å². The van der Waals surface area contributed by atoms with E-state index in [9.17, 15) is 18.3 Å². The van der Waals surface area contributed by atoms with Gasteiger partial charge in [0.2, 0.25) is 4.33 Å². The quantitative estimate of drug-likeness (QED) is 0.488. The van der Waals surface area contributed by atoms with Crippen molar-refractivity contribution in [3.8, 4) is 5.75 Å². The van der Waals surface area contributed by atoms with Crippen molar-refractivity contribution in [2.45, 2.75) is 35.9 Å². The Balaban J connectivity index is 2.05. The Morgan fingerprint density at radius 2 is 1.61 bits per heavy atom. The molecule has 132 valence electrons. The standard InChI is InChI=1S/C15H19Cl2F3O3/c16-14(17,15(18,19)20)13(21)8-11-22-9-4-5-10-23-12-6-2-1-3-7-12/h1-3,6-7,13,21H,4-5,8-11H2. The number of aliphatic hydroxyl groups is 1. The van der Waals surface area contributed by atoms with E-state index in [0.29, 0.717) is 19.6 Å². The number of hydrogen-bond acceptors (Lipinski definition) is 3. The van der Waals surface area contributed by atoms with Crippen LogP contribution >= 0.6 is 23.2 Å². The van der Waals surface area contributed by atoms with Gasteiger partial charge in [-0.2, -0.15) is 13.2 Å². The summed E-state index contributed by atoms with van der Waals surface area (Å²) in [7, 11) is 0. The maximum atomic E-state index is 12.5. The Morgan fingerprint density at radius 3 is 2.22 bits per heavy atom. The molecule has 0 spiro atoms. The molecule has 1 aromatic carbocycles. The molecular weight excluding hydrogens is 356 g/mol. The largest absolute Gasteiger partial charge is 0.494 e. The summed E-state index contributed by atoms with van der Waals surface area (Å²) >= 11 is 10.2. The summed E-state index contributed by atoms with van der Waals surface area (Å²) in [5.41, 5.74) is 0. The summed E-state index contributed by atoms with van der Waals surface area (Å²) in [4.78, 5) is 0. The molecule has 0 saturated heterocycles. The molecule has 0 amide bonds. The van der Waals surface area contributed by atoms with Gasteiger partial charge < -0.3 is 14.6 Å². The molecule has 1 aromatic rings. The van der Waals surface area contributed by atoms with E-state index in [4.69, 9.17) is 32.7 Å². The minimum atomic E-state index is -4.90. The van der Waals surface area contributed by atoms with Crippen LogP contribution in [0.15, 0.2) is 30.3 Å². The zero-order valence-electron chi connectivity index (χ0n) is 12.4. The monoisotopic (exact) mass is 374 g/mol. The number of hydrogen-bond donors (Lipinski definition) is 1. The van der Waals surface area contributed by atoms with Gasteiger partial charge in [0.1, 0.15) is 5.75 Å². The van der Waals surface area contributed by atoms with Crippen LogP contribution in [-0.2, 0) is 4.74 Å². The van der Waals surface area contributed by atoms with E-state index in [-0.39, 0.29) is 13.0 Å². The summed E-state index contributed by atoms with van der Waals surface area (Å²) in [6.07, 6.45) is -5.70. The second-order valence-electron chi connectivity index (χ2n) is 4.91. The Bertz CT molecular complexity index is 441. The predicted octanol–water partition coefficient (Wildman–Crippen LogP) is 4.35. The topological polar surface area (TPSA) is 38.7 Å². The van der Waals surface area contributed by atoms with Crippen LogP contribution in [0.4, 0.5) is 13.2 Å². The first-order valence-electron chi connectivity index (χ1n) is 7.13. The van der Waals surface area contributed by atoms with Gasteiger partial charge >= 0.3 is 6.18 Å². The fourth-order valence-corrected chi connectivity index (χ4v) is 1.90. The third-order valence-corrected chi connectivity index (χ3v) is 3.96. The van der Waals surface area contributed by atoms with Crippen LogP contribution in [0.1, 0.15) is 19.3 Å². The molecule has 0 radical (unpaired) electrons. The average molecular weight is 375 g/mol. The van der Waals surface area contributed by atoms with Crippen molar-refractivity contribution in [1.29, 1.82) is 0 Å². The SMILES string of the molecule is OC(CCOCCCCOc1ccccc1)C(Cl)(Cl)C(F)(F)F. The van der Waals surface area contributed by atoms with Gasteiger partial charge in [0, 0.05) is 13.2 Å². The fraction of sp³-hybridized carbons (Fsp3) is 0.600. The van der Waals surface area contributed by atoms with E-state index in [0.717, 1.165) is 12.2 Å². The van der Waals surface area contributed by atoms with Crippen molar-refractivity contribution in [3.63, 3.8) is 0 Å². The predicted molar refractivity (Wildman–Crippen MR) is 83.1 cm³/mol. The van der Waals surface area contributed by atoms with E-state index in [1.54, 1.807) is 0 Å². The number of aliphatic hydroxyl groups excluding tert-OH is 1. The van der Waals surface area contributed by atoms with E-state index in [1.165, 1.54) is 0 Å². The van der Waals surface area contributed by atoms with Crippen molar-refractivity contribution in [2.24, 2.45) is 0 Å². The highest BCUT2D eigenvalue weighted by atomic mass is 35.5. The van der Waals surface area contributed by atoms with Crippen LogP contribution in [0, 0.1) is 0 Å². The Hall–Kier alpha value is -0.690. The van der Waals surface area contributed by atoms with Crippen LogP contribution < -0.4 is 4.74 Å². The number of halogens is 5. The van der Waals surface area contributed by atoms with Gasteiger partial charge in [-0.1, -0.05) is 41.4 Å². The number of unbranched alkanes of at least 4 members (excludes halogenated alkanes) is 1. The maximum absolute atomic E-state index is 12.5. The molecule has 0 aliphatic carbocycles. The van der Waals surface area contributed by atoms with Gasteiger partial charge in [0.25, 0.3) is 0 Å². The van der Waals surface area contributed by atoms with E-state index in [1.807, 2.05) is 30.3 Å². The van der Waals surface area contributed by atoms with Gasteiger partial charge in [-0.3, -0.25) is 0 Å². The summed E-state index contributed by atoms with van der Waals surface area (Å²) in [6, 6.07) is 9.34. The highest BCUT2D eigenvalue weighted by Crippen LogP contribution is 2.43. The Kier molecular flexibility index (Phi) is 8.47. The van der Waals surface area contributed by atoms with Crippen LogP contribution in [0.3, 0.4) is 0 Å². The first-order valence-corrected chi connectivity index (χ1v) is 7.89. The maximum Gasteiger partial charge on any atom is 0.424 e. The molecule has 0 aromatic heterocycles. The highest BCUT2D eigenvalue weighted by Gasteiger charge is 2.57. The second kappa shape index (κ2) is 9.57. The fourth-order valence-electron chi connectivity index (χ4n) is 1.68. The molecule has 1 rings (SSSR count). The lowest BCUT2D eigenvalue weighted by Gasteiger charge is -2.27. The number of para-hydroxylation sites is 1. The summed E-state index contributed by atoms with van der Waals surface area (Å²) in [5, 5.41) is 9.40. The zero-order chi connectivity index (χ0) is 17.3. The van der Waals surface area contributed by atoms with Crippen LogP contribution in [-0.4, -0.2) is 41.5 Å². The molecule has 0 aliphatic heterocycles. The molecule has 1 atom stereocenters. The highest BCUT2D eigenvalue weighted by molar-refractivity contribution is 6.49. The minimum absolute atomic E-state index is 0.0576.